The van der Waals surface area contributed by atoms with Crippen molar-refractivity contribution in [1.82, 2.24) is 19.8 Å². The number of nitrogens with one attached hydrogen (secondary N) is 1. The molecule has 9 heteroatoms. The summed E-state index contributed by atoms with van der Waals surface area (Å²) < 4.78 is 7.57. The second-order valence-corrected chi connectivity index (χ2v) is 8.48. The van der Waals surface area contributed by atoms with E-state index in [1.807, 2.05) is 36.6 Å². The van der Waals surface area contributed by atoms with Crippen molar-refractivity contribution in [3.63, 3.8) is 0 Å². The molecule has 4 rings (SSSR count). The minimum absolute atomic E-state index is 0.0162. The Kier molecular flexibility index (Phi) is 6.33. The Bertz CT molecular complexity index is 1190. The lowest BCUT2D eigenvalue weighted by Gasteiger charge is -2.28. The van der Waals surface area contributed by atoms with Gasteiger partial charge in [0, 0.05) is 36.3 Å². The molecule has 2 aromatic heterocycles. The van der Waals surface area contributed by atoms with Gasteiger partial charge in [-0.05, 0) is 62.3 Å². The largest absolute Gasteiger partial charge is 0.495 e. The first-order valence-electron chi connectivity index (χ1n) is 10.9. The summed E-state index contributed by atoms with van der Waals surface area (Å²) in [4.78, 5) is 17.9. The Morgan fingerprint density at radius 2 is 2.03 bits per heavy atom. The molecule has 1 N–H and O–H groups in total. The molecule has 3 heterocycles. The van der Waals surface area contributed by atoms with Crippen LogP contribution < -0.4 is 10.1 Å². The average Bonchev–Trinajstić information content (AvgIpc) is 3.29. The van der Waals surface area contributed by atoms with Crippen molar-refractivity contribution in [2.45, 2.75) is 39.3 Å². The van der Waals surface area contributed by atoms with E-state index in [0.29, 0.717) is 16.5 Å². The molecule has 0 radical (unpaired) electrons. The van der Waals surface area contributed by atoms with Crippen LogP contribution in [-0.4, -0.2) is 38.1 Å². The number of aryl methyl sites for hydroxylation is 1. The van der Waals surface area contributed by atoms with Crippen LogP contribution >= 0.6 is 12.2 Å². The number of methoxy groups -OCH3 is 1. The van der Waals surface area contributed by atoms with Crippen molar-refractivity contribution in [3.05, 3.63) is 81.4 Å². The highest BCUT2D eigenvalue weighted by atomic mass is 32.1. The molecule has 1 aliphatic rings. The SMILES string of the molecule is CCCN1C(=S)N[C@@H](c2ccccn2)[C@@H]1c1cc(C)n(-c2cc([N+](=O)[O-])ccc2OC)c1C. The van der Waals surface area contributed by atoms with E-state index in [4.69, 9.17) is 17.0 Å². The molecule has 0 bridgehead atoms. The second kappa shape index (κ2) is 9.19. The maximum atomic E-state index is 11.4. The Balaban J connectivity index is 1.88. The van der Waals surface area contributed by atoms with E-state index in [1.54, 1.807) is 25.4 Å². The van der Waals surface area contributed by atoms with Gasteiger partial charge in [-0.15, -0.1) is 0 Å². The highest BCUT2D eigenvalue weighted by Gasteiger charge is 2.41. The number of nitrogens with zero attached hydrogens (tertiary/aromatic N) is 4. The number of rotatable bonds is 7. The van der Waals surface area contributed by atoms with E-state index < -0.39 is 4.92 Å². The molecule has 0 amide bonds. The van der Waals surface area contributed by atoms with Crippen LogP contribution in [0.4, 0.5) is 5.69 Å². The summed E-state index contributed by atoms with van der Waals surface area (Å²) in [5.41, 5.74) is 4.60. The van der Waals surface area contributed by atoms with Crippen LogP contribution in [0.25, 0.3) is 5.69 Å². The van der Waals surface area contributed by atoms with Crippen molar-refractivity contribution < 1.29 is 9.66 Å². The Labute approximate surface area is 198 Å². The molecule has 0 saturated carbocycles. The lowest BCUT2D eigenvalue weighted by atomic mass is 9.96. The number of nitro benzene ring substituents is 1. The molecule has 1 aromatic carbocycles. The fourth-order valence-electron chi connectivity index (χ4n) is 4.65. The molecule has 0 spiro atoms. The van der Waals surface area contributed by atoms with Crippen molar-refractivity contribution in [2.24, 2.45) is 0 Å². The molecule has 1 fully saturated rings. The van der Waals surface area contributed by atoms with Gasteiger partial charge in [0.1, 0.15) is 5.75 Å². The summed E-state index contributed by atoms with van der Waals surface area (Å²) in [7, 11) is 1.57. The second-order valence-electron chi connectivity index (χ2n) is 8.10. The number of benzene rings is 1. The first kappa shape index (κ1) is 22.7. The minimum atomic E-state index is -0.391. The normalized spacial score (nSPS) is 17.8. The van der Waals surface area contributed by atoms with E-state index in [2.05, 4.69) is 28.2 Å². The highest BCUT2D eigenvalue weighted by molar-refractivity contribution is 7.80. The Morgan fingerprint density at radius 1 is 1.24 bits per heavy atom. The van der Waals surface area contributed by atoms with Crippen LogP contribution in [0, 0.1) is 24.0 Å². The van der Waals surface area contributed by atoms with Gasteiger partial charge in [-0.25, -0.2) is 0 Å². The molecule has 8 nitrogen and oxygen atoms in total. The first-order valence-corrected chi connectivity index (χ1v) is 11.3. The summed E-state index contributed by atoms with van der Waals surface area (Å²) in [6.45, 7) is 6.96. The number of ether oxygens (including phenoxy) is 1. The van der Waals surface area contributed by atoms with Crippen LogP contribution in [0.2, 0.25) is 0 Å². The molecule has 0 aliphatic carbocycles. The molecular weight excluding hydrogens is 438 g/mol. The third kappa shape index (κ3) is 4.04. The van der Waals surface area contributed by atoms with Crippen molar-refractivity contribution in [3.8, 4) is 11.4 Å². The smallest absolute Gasteiger partial charge is 0.271 e. The number of aromatic nitrogens is 2. The van der Waals surface area contributed by atoms with Gasteiger partial charge < -0.3 is 19.5 Å². The summed E-state index contributed by atoms with van der Waals surface area (Å²) in [5.74, 6) is 0.570. The zero-order chi connectivity index (χ0) is 23.7. The van der Waals surface area contributed by atoms with E-state index in [0.717, 1.165) is 35.6 Å². The third-order valence-electron chi connectivity index (χ3n) is 6.07. The summed E-state index contributed by atoms with van der Waals surface area (Å²) in [6.07, 6.45) is 2.74. The lowest BCUT2D eigenvalue weighted by Crippen LogP contribution is -2.30. The minimum Gasteiger partial charge on any atom is -0.495 e. The zero-order valence-corrected chi connectivity index (χ0v) is 19.9. The predicted octanol–water partition coefficient (Wildman–Crippen LogP) is 4.79. The third-order valence-corrected chi connectivity index (χ3v) is 6.42. The van der Waals surface area contributed by atoms with Crippen LogP contribution in [0.5, 0.6) is 5.75 Å². The van der Waals surface area contributed by atoms with Crippen LogP contribution in [0.3, 0.4) is 0 Å². The maximum absolute atomic E-state index is 11.4. The van der Waals surface area contributed by atoms with Gasteiger partial charge in [0.2, 0.25) is 0 Å². The van der Waals surface area contributed by atoms with Gasteiger partial charge in [-0.1, -0.05) is 13.0 Å². The number of hydrogen-bond donors (Lipinski definition) is 1. The number of non-ortho nitro benzene ring substituents is 1. The monoisotopic (exact) mass is 465 g/mol. The number of nitro groups is 1. The van der Waals surface area contributed by atoms with Crippen LogP contribution in [0.15, 0.2) is 48.7 Å². The van der Waals surface area contributed by atoms with Gasteiger partial charge >= 0.3 is 0 Å². The molecule has 0 unspecified atom stereocenters. The first-order chi connectivity index (χ1) is 15.9. The standard InChI is InChI=1S/C24H27N5O3S/c1-5-12-27-23(22(26-24(27)33)19-8-6-7-11-25-19)18-13-15(2)28(16(18)3)20-14-17(29(30)31)9-10-21(20)32-4/h6-11,13-14,22-23H,5,12H2,1-4H3,(H,26,33)/t22-,23-/m0/s1. The average molecular weight is 466 g/mol. The van der Waals surface area contributed by atoms with Gasteiger partial charge in [0.15, 0.2) is 5.11 Å². The van der Waals surface area contributed by atoms with Gasteiger partial charge in [0.05, 0.1) is 35.5 Å². The lowest BCUT2D eigenvalue weighted by molar-refractivity contribution is -0.384. The van der Waals surface area contributed by atoms with Crippen LogP contribution in [-0.2, 0) is 0 Å². The molecule has 3 aromatic rings. The number of hydrogen-bond acceptors (Lipinski definition) is 5. The maximum Gasteiger partial charge on any atom is 0.271 e. The Morgan fingerprint density at radius 3 is 2.67 bits per heavy atom. The predicted molar refractivity (Wildman–Crippen MR) is 131 cm³/mol. The molecule has 1 saturated heterocycles. The van der Waals surface area contributed by atoms with Crippen molar-refractivity contribution >= 4 is 23.0 Å². The summed E-state index contributed by atoms with van der Waals surface area (Å²) in [6, 6.07) is 12.5. The van der Waals surface area contributed by atoms with Crippen molar-refractivity contribution in [1.29, 1.82) is 0 Å². The quantitative estimate of drug-likeness (QED) is 0.305. The highest BCUT2D eigenvalue weighted by Crippen LogP contribution is 2.42. The fourth-order valence-corrected chi connectivity index (χ4v) is 4.98. The number of pyridine rings is 1. The zero-order valence-electron chi connectivity index (χ0n) is 19.1. The molecule has 1 aliphatic heterocycles. The molecular formula is C24H27N5O3S. The van der Waals surface area contributed by atoms with Gasteiger partial charge in [0.25, 0.3) is 5.69 Å². The van der Waals surface area contributed by atoms with E-state index in [1.165, 1.54) is 6.07 Å². The molecule has 172 valence electrons. The van der Waals surface area contributed by atoms with Gasteiger partial charge in [-0.3, -0.25) is 15.1 Å². The number of thiocarbonyl (C=S) groups is 1. The molecule has 2 atom stereocenters. The van der Waals surface area contributed by atoms with Crippen LogP contribution in [0.1, 0.15) is 48.1 Å². The van der Waals surface area contributed by atoms with Gasteiger partial charge in [-0.2, -0.15) is 0 Å². The topological polar surface area (TPSA) is 85.5 Å². The molecule has 33 heavy (non-hydrogen) atoms. The van der Waals surface area contributed by atoms with E-state index >= 15 is 0 Å². The summed E-state index contributed by atoms with van der Waals surface area (Å²) in [5, 5.41) is 15.6. The summed E-state index contributed by atoms with van der Waals surface area (Å²) >= 11 is 5.71. The fraction of sp³-hybridized carbons (Fsp3) is 0.333. The van der Waals surface area contributed by atoms with Crippen molar-refractivity contribution in [2.75, 3.05) is 13.7 Å². The Hall–Kier alpha value is -3.46. The van der Waals surface area contributed by atoms with E-state index in [-0.39, 0.29) is 17.8 Å². The van der Waals surface area contributed by atoms with E-state index in [9.17, 15) is 10.1 Å².